The van der Waals surface area contributed by atoms with E-state index in [4.69, 9.17) is 11.6 Å². The van der Waals surface area contributed by atoms with Crippen molar-refractivity contribution in [2.24, 2.45) is 0 Å². The van der Waals surface area contributed by atoms with Gasteiger partial charge in [-0.2, -0.15) is 0 Å². The third kappa shape index (κ3) is 2.58. The number of benzene rings is 1. The van der Waals surface area contributed by atoms with Crippen LogP contribution in [0.25, 0.3) is 5.57 Å². The molecule has 0 bridgehead atoms. The summed E-state index contributed by atoms with van der Waals surface area (Å²) >= 11 is 6.00. The van der Waals surface area contributed by atoms with Crippen LogP contribution in [-0.2, 0) is 0 Å². The molecule has 0 amide bonds. The molecule has 0 heterocycles. The van der Waals surface area contributed by atoms with Crippen LogP contribution in [0.1, 0.15) is 32.3 Å². The average molecular weight is 213 g/mol. The molecular weight excluding hydrogens is 199 g/mol. The molecule has 0 unspecified atom stereocenters. The number of rotatable bonds is 3. The molecule has 1 aromatic carbocycles. The van der Waals surface area contributed by atoms with Crippen LogP contribution in [0.2, 0.25) is 5.02 Å². The molecule has 0 saturated heterocycles. The van der Waals surface area contributed by atoms with Crippen LogP contribution in [0.15, 0.2) is 24.3 Å². The van der Waals surface area contributed by atoms with Crippen molar-refractivity contribution < 1.29 is 4.39 Å². The Bertz CT molecular complexity index is 342. The van der Waals surface area contributed by atoms with Crippen molar-refractivity contribution in [2.45, 2.75) is 26.7 Å². The Morgan fingerprint density at radius 2 is 2.21 bits per heavy atom. The van der Waals surface area contributed by atoms with Crippen molar-refractivity contribution in [3.05, 3.63) is 40.7 Å². The fraction of sp³-hybridized carbons (Fsp3) is 0.333. The summed E-state index contributed by atoms with van der Waals surface area (Å²) in [5, 5.41) is 0.618. The molecule has 14 heavy (non-hydrogen) atoms. The van der Waals surface area contributed by atoms with Gasteiger partial charge in [-0.15, -0.1) is 0 Å². The van der Waals surface area contributed by atoms with E-state index in [1.807, 2.05) is 13.0 Å². The van der Waals surface area contributed by atoms with Gasteiger partial charge in [-0.25, -0.2) is 4.39 Å². The summed E-state index contributed by atoms with van der Waals surface area (Å²) in [6.45, 7) is 4.04. The predicted molar refractivity (Wildman–Crippen MR) is 60.0 cm³/mol. The highest BCUT2D eigenvalue weighted by molar-refractivity contribution is 6.32. The molecule has 0 aliphatic carbocycles. The number of halogens is 2. The van der Waals surface area contributed by atoms with Gasteiger partial charge in [0.2, 0.25) is 0 Å². The van der Waals surface area contributed by atoms with Gasteiger partial charge >= 0.3 is 0 Å². The Labute approximate surface area is 89.4 Å². The van der Waals surface area contributed by atoms with Gasteiger partial charge < -0.3 is 0 Å². The van der Waals surface area contributed by atoms with Crippen molar-refractivity contribution in [2.75, 3.05) is 0 Å². The summed E-state index contributed by atoms with van der Waals surface area (Å²) in [5.74, 6) is -0.236. The molecule has 2 heteroatoms. The zero-order valence-electron chi connectivity index (χ0n) is 8.48. The van der Waals surface area contributed by atoms with E-state index in [0.29, 0.717) is 5.02 Å². The molecule has 0 saturated carbocycles. The second-order valence-corrected chi connectivity index (χ2v) is 3.60. The van der Waals surface area contributed by atoms with E-state index in [9.17, 15) is 4.39 Å². The third-order valence-electron chi connectivity index (χ3n) is 2.14. The topological polar surface area (TPSA) is 0 Å². The molecule has 1 rings (SSSR count). The summed E-state index contributed by atoms with van der Waals surface area (Å²) in [6.07, 6.45) is 3.95. The smallest absolute Gasteiger partial charge is 0.123 e. The molecule has 1 aromatic rings. The second-order valence-electron chi connectivity index (χ2n) is 3.19. The van der Waals surface area contributed by atoms with Crippen molar-refractivity contribution >= 4 is 17.2 Å². The van der Waals surface area contributed by atoms with Gasteiger partial charge in [-0.3, -0.25) is 0 Å². The van der Waals surface area contributed by atoms with Crippen molar-refractivity contribution in [1.82, 2.24) is 0 Å². The zero-order chi connectivity index (χ0) is 10.6. The molecule has 0 fully saturated rings. The first kappa shape index (κ1) is 11.3. The lowest BCUT2D eigenvalue weighted by Crippen LogP contribution is -1.87. The number of hydrogen-bond donors (Lipinski definition) is 0. The van der Waals surface area contributed by atoms with E-state index in [2.05, 4.69) is 6.92 Å². The van der Waals surface area contributed by atoms with Gasteiger partial charge in [0.1, 0.15) is 5.82 Å². The van der Waals surface area contributed by atoms with E-state index in [-0.39, 0.29) is 5.82 Å². The summed E-state index contributed by atoms with van der Waals surface area (Å²) in [5.41, 5.74) is 1.92. The maximum atomic E-state index is 13.0. The summed E-state index contributed by atoms with van der Waals surface area (Å²) < 4.78 is 13.0. The van der Waals surface area contributed by atoms with Gasteiger partial charge in [0.25, 0.3) is 0 Å². The molecule has 0 nitrogen and oxygen atoms in total. The average Bonchev–Trinajstić information content (AvgIpc) is 2.18. The fourth-order valence-electron chi connectivity index (χ4n) is 1.45. The minimum atomic E-state index is -0.236. The highest BCUT2D eigenvalue weighted by Crippen LogP contribution is 2.27. The molecule has 0 atom stereocenters. The minimum absolute atomic E-state index is 0.236. The van der Waals surface area contributed by atoms with Crippen LogP contribution < -0.4 is 0 Å². The number of allylic oxidation sites excluding steroid dienone is 2. The van der Waals surface area contributed by atoms with Crippen LogP contribution in [0.3, 0.4) is 0 Å². The van der Waals surface area contributed by atoms with Crippen molar-refractivity contribution in [3.63, 3.8) is 0 Å². The maximum Gasteiger partial charge on any atom is 0.123 e. The first-order chi connectivity index (χ1) is 6.69. The highest BCUT2D eigenvalue weighted by Gasteiger charge is 2.06. The normalized spacial score (nSPS) is 11.9. The molecule has 76 valence electrons. The molecular formula is C12H14ClF. The highest BCUT2D eigenvalue weighted by atomic mass is 35.5. The van der Waals surface area contributed by atoms with Crippen LogP contribution in [0, 0.1) is 5.82 Å². The van der Waals surface area contributed by atoms with Crippen LogP contribution in [-0.4, -0.2) is 0 Å². The third-order valence-corrected chi connectivity index (χ3v) is 2.47. The van der Waals surface area contributed by atoms with E-state index < -0.39 is 0 Å². The SMILES string of the molecule is C/C=C(\CCC)c1cc(F)ccc1Cl. The Morgan fingerprint density at radius 3 is 2.79 bits per heavy atom. The van der Waals surface area contributed by atoms with Gasteiger partial charge in [-0.05, 0) is 42.7 Å². The van der Waals surface area contributed by atoms with Crippen molar-refractivity contribution in [1.29, 1.82) is 0 Å². The molecule has 0 aliphatic rings. The van der Waals surface area contributed by atoms with Crippen LogP contribution >= 0.6 is 11.6 Å². The van der Waals surface area contributed by atoms with Gasteiger partial charge in [0.05, 0.1) is 0 Å². The predicted octanol–water partition coefficient (Wildman–Crippen LogP) is 4.68. The van der Waals surface area contributed by atoms with Gasteiger partial charge in [0.15, 0.2) is 0 Å². The quantitative estimate of drug-likeness (QED) is 0.682. The van der Waals surface area contributed by atoms with E-state index in [0.717, 1.165) is 24.0 Å². The van der Waals surface area contributed by atoms with E-state index in [1.54, 1.807) is 6.07 Å². The minimum Gasteiger partial charge on any atom is -0.207 e. The number of hydrogen-bond acceptors (Lipinski definition) is 0. The van der Waals surface area contributed by atoms with Gasteiger partial charge in [-0.1, -0.05) is 31.0 Å². The molecule has 0 aliphatic heterocycles. The molecule has 0 aromatic heterocycles. The van der Waals surface area contributed by atoms with Crippen LogP contribution in [0.5, 0.6) is 0 Å². The Kier molecular flexibility index (Phi) is 4.15. The van der Waals surface area contributed by atoms with Crippen LogP contribution in [0.4, 0.5) is 4.39 Å². The standard InChI is InChI=1S/C12H14ClF/c1-3-5-9(4-2)11-8-10(14)6-7-12(11)13/h4,6-8H,3,5H2,1-2H3/b9-4+. The lowest BCUT2D eigenvalue weighted by molar-refractivity contribution is 0.627. The molecule has 0 spiro atoms. The lowest BCUT2D eigenvalue weighted by Gasteiger charge is -2.08. The van der Waals surface area contributed by atoms with Crippen molar-refractivity contribution in [3.8, 4) is 0 Å². The second kappa shape index (κ2) is 5.16. The zero-order valence-corrected chi connectivity index (χ0v) is 9.24. The Balaban J connectivity index is 3.09. The Morgan fingerprint density at radius 1 is 1.50 bits per heavy atom. The van der Waals surface area contributed by atoms with E-state index >= 15 is 0 Å². The monoisotopic (exact) mass is 212 g/mol. The van der Waals surface area contributed by atoms with Gasteiger partial charge in [0, 0.05) is 5.02 Å². The fourth-order valence-corrected chi connectivity index (χ4v) is 1.69. The summed E-state index contributed by atoms with van der Waals surface area (Å²) in [7, 11) is 0. The largest absolute Gasteiger partial charge is 0.207 e. The molecule has 0 N–H and O–H groups in total. The Hall–Kier alpha value is -0.820. The molecule has 0 radical (unpaired) electrons. The van der Waals surface area contributed by atoms with E-state index in [1.165, 1.54) is 12.1 Å². The summed E-state index contributed by atoms with van der Waals surface area (Å²) in [6, 6.07) is 4.48. The summed E-state index contributed by atoms with van der Waals surface area (Å²) in [4.78, 5) is 0. The maximum absolute atomic E-state index is 13.0. The lowest BCUT2D eigenvalue weighted by atomic mass is 10.0. The first-order valence-electron chi connectivity index (χ1n) is 4.79. The first-order valence-corrected chi connectivity index (χ1v) is 5.17.